The van der Waals surface area contributed by atoms with Gasteiger partial charge in [0, 0.05) is 18.5 Å². The maximum Gasteiger partial charge on any atom is 0.115 e. The van der Waals surface area contributed by atoms with E-state index in [2.05, 4.69) is 4.90 Å². The van der Waals surface area contributed by atoms with E-state index >= 15 is 0 Å². The van der Waals surface area contributed by atoms with Crippen molar-refractivity contribution in [2.75, 3.05) is 19.7 Å². The van der Waals surface area contributed by atoms with E-state index in [4.69, 9.17) is 5.11 Å². The third-order valence-electron chi connectivity index (χ3n) is 3.06. The summed E-state index contributed by atoms with van der Waals surface area (Å²) in [6.07, 6.45) is 1.93. The van der Waals surface area contributed by atoms with Crippen LogP contribution in [0.15, 0.2) is 0 Å². The standard InChI is InChI=1S/C8H14FNO.C2H6/c9-7-4-8(6-11)2-1-3-10(8)5-7;1-2/h7,11H,1-6H2;1-2H3. The summed E-state index contributed by atoms with van der Waals surface area (Å²) >= 11 is 0. The van der Waals surface area contributed by atoms with Crippen LogP contribution in [0.25, 0.3) is 0 Å². The molecular formula is C10H20FNO. The van der Waals surface area contributed by atoms with Crippen molar-refractivity contribution in [2.24, 2.45) is 0 Å². The number of aliphatic hydroxyl groups is 1. The lowest BCUT2D eigenvalue weighted by Crippen LogP contribution is -2.41. The summed E-state index contributed by atoms with van der Waals surface area (Å²) in [6.45, 7) is 5.65. The SMILES string of the molecule is CC.OCC12CCCN1CC(F)C2. The number of nitrogens with zero attached hydrogens (tertiary/aromatic N) is 1. The average Bonchev–Trinajstić information content (AvgIpc) is 2.64. The van der Waals surface area contributed by atoms with E-state index in [1.807, 2.05) is 13.8 Å². The fourth-order valence-electron chi connectivity index (χ4n) is 2.47. The first-order valence-corrected chi connectivity index (χ1v) is 5.27. The zero-order valence-electron chi connectivity index (χ0n) is 8.59. The Balaban J connectivity index is 0.000000396. The van der Waals surface area contributed by atoms with Crippen LogP contribution in [0.1, 0.15) is 33.1 Å². The van der Waals surface area contributed by atoms with Gasteiger partial charge in [0.25, 0.3) is 0 Å². The number of fused-ring (bicyclic) bond motifs is 1. The van der Waals surface area contributed by atoms with Crippen molar-refractivity contribution in [1.29, 1.82) is 0 Å². The summed E-state index contributed by atoms with van der Waals surface area (Å²) < 4.78 is 12.9. The molecule has 2 unspecified atom stereocenters. The van der Waals surface area contributed by atoms with Gasteiger partial charge < -0.3 is 5.11 Å². The number of hydrogen-bond donors (Lipinski definition) is 1. The molecule has 0 saturated carbocycles. The molecule has 3 heteroatoms. The normalized spacial score (nSPS) is 38.3. The molecule has 0 radical (unpaired) electrons. The molecule has 0 aliphatic carbocycles. The maximum absolute atomic E-state index is 12.9. The monoisotopic (exact) mass is 189 g/mol. The first-order chi connectivity index (χ1) is 6.27. The molecule has 0 spiro atoms. The van der Waals surface area contributed by atoms with Gasteiger partial charge in [0.15, 0.2) is 0 Å². The van der Waals surface area contributed by atoms with Crippen molar-refractivity contribution < 1.29 is 9.50 Å². The molecule has 0 bridgehead atoms. The Kier molecular flexibility index (Phi) is 3.68. The summed E-state index contributed by atoms with van der Waals surface area (Å²) in [5, 5.41) is 9.14. The van der Waals surface area contributed by atoms with E-state index in [0.29, 0.717) is 13.0 Å². The second kappa shape index (κ2) is 4.38. The van der Waals surface area contributed by atoms with Crippen molar-refractivity contribution in [2.45, 2.75) is 44.8 Å². The van der Waals surface area contributed by atoms with Crippen LogP contribution in [0.5, 0.6) is 0 Å². The first-order valence-electron chi connectivity index (χ1n) is 5.27. The minimum absolute atomic E-state index is 0.132. The van der Waals surface area contributed by atoms with Crippen LogP contribution in [0.4, 0.5) is 4.39 Å². The number of halogens is 1. The average molecular weight is 189 g/mol. The predicted molar refractivity (Wildman–Crippen MR) is 51.5 cm³/mol. The van der Waals surface area contributed by atoms with Crippen molar-refractivity contribution in [1.82, 2.24) is 4.90 Å². The van der Waals surface area contributed by atoms with Gasteiger partial charge in [-0.1, -0.05) is 13.8 Å². The summed E-state index contributed by atoms with van der Waals surface area (Å²) in [7, 11) is 0. The maximum atomic E-state index is 12.9. The molecule has 2 aliphatic rings. The smallest absolute Gasteiger partial charge is 0.115 e. The van der Waals surface area contributed by atoms with E-state index in [-0.39, 0.29) is 12.1 Å². The molecule has 0 aromatic carbocycles. The molecule has 0 amide bonds. The lowest BCUT2D eigenvalue weighted by atomic mass is 9.95. The molecule has 2 fully saturated rings. The van der Waals surface area contributed by atoms with Gasteiger partial charge in [0.1, 0.15) is 6.17 Å². The molecule has 2 atom stereocenters. The highest BCUT2D eigenvalue weighted by molar-refractivity contribution is 5.03. The molecule has 2 aliphatic heterocycles. The lowest BCUT2D eigenvalue weighted by molar-refractivity contribution is 0.0996. The van der Waals surface area contributed by atoms with Gasteiger partial charge in [-0.15, -0.1) is 0 Å². The van der Waals surface area contributed by atoms with Crippen LogP contribution in [-0.2, 0) is 0 Å². The number of alkyl halides is 1. The van der Waals surface area contributed by atoms with Crippen LogP contribution in [-0.4, -0.2) is 41.4 Å². The molecule has 2 rings (SSSR count). The van der Waals surface area contributed by atoms with Gasteiger partial charge in [0.05, 0.1) is 6.61 Å². The lowest BCUT2D eigenvalue weighted by Gasteiger charge is -2.28. The van der Waals surface area contributed by atoms with Gasteiger partial charge in [-0.25, -0.2) is 4.39 Å². The summed E-state index contributed by atoms with van der Waals surface area (Å²) in [5.41, 5.74) is -0.167. The third kappa shape index (κ3) is 1.86. The Hall–Kier alpha value is -0.150. The second-order valence-corrected chi connectivity index (χ2v) is 3.73. The third-order valence-corrected chi connectivity index (χ3v) is 3.06. The summed E-state index contributed by atoms with van der Waals surface area (Å²) in [6, 6.07) is 0. The van der Waals surface area contributed by atoms with Crippen molar-refractivity contribution >= 4 is 0 Å². The predicted octanol–water partition coefficient (Wildman–Crippen LogP) is 1.58. The van der Waals surface area contributed by atoms with E-state index < -0.39 is 6.17 Å². The summed E-state index contributed by atoms with van der Waals surface area (Å²) in [4.78, 5) is 2.11. The molecule has 2 nitrogen and oxygen atoms in total. The Morgan fingerprint density at radius 2 is 2.23 bits per heavy atom. The van der Waals surface area contributed by atoms with E-state index in [9.17, 15) is 4.39 Å². The number of aliphatic hydroxyl groups excluding tert-OH is 1. The van der Waals surface area contributed by atoms with Crippen LogP contribution in [0, 0.1) is 0 Å². The van der Waals surface area contributed by atoms with Gasteiger partial charge in [-0.05, 0) is 19.4 Å². The molecule has 1 N–H and O–H groups in total. The molecule has 2 saturated heterocycles. The van der Waals surface area contributed by atoms with Crippen molar-refractivity contribution in [3.63, 3.8) is 0 Å². The van der Waals surface area contributed by atoms with Gasteiger partial charge in [0.2, 0.25) is 0 Å². The molecular weight excluding hydrogens is 169 g/mol. The van der Waals surface area contributed by atoms with E-state index in [1.165, 1.54) is 0 Å². The summed E-state index contributed by atoms with van der Waals surface area (Å²) in [5.74, 6) is 0. The van der Waals surface area contributed by atoms with Crippen LogP contribution in [0.3, 0.4) is 0 Å². The van der Waals surface area contributed by atoms with E-state index in [1.54, 1.807) is 0 Å². The molecule has 2 heterocycles. The van der Waals surface area contributed by atoms with Crippen LogP contribution < -0.4 is 0 Å². The largest absolute Gasteiger partial charge is 0.394 e. The number of rotatable bonds is 1. The molecule has 13 heavy (non-hydrogen) atoms. The van der Waals surface area contributed by atoms with Crippen molar-refractivity contribution in [3.05, 3.63) is 0 Å². The molecule has 0 aromatic rings. The Bertz CT molecular complexity index is 165. The fraction of sp³-hybridized carbons (Fsp3) is 1.00. The molecule has 0 aromatic heterocycles. The highest BCUT2D eigenvalue weighted by Crippen LogP contribution is 2.39. The highest BCUT2D eigenvalue weighted by atomic mass is 19.1. The molecule has 78 valence electrons. The van der Waals surface area contributed by atoms with E-state index in [0.717, 1.165) is 19.4 Å². The quantitative estimate of drug-likeness (QED) is 0.677. The highest BCUT2D eigenvalue weighted by Gasteiger charge is 2.47. The Labute approximate surface area is 79.7 Å². The Morgan fingerprint density at radius 3 is 2.77 bits per heavy atom. The minimum atomic E-state index is -0.706. The zero-order valence-corrected chi connectivity index (χ0v) is 8.59. The van der Waals surface area contributed by atoms with Gasteiger partial charge in [-0.3, -0.25) is 4.90 Å². The van der Waals surface area contributed by atoms with Crippen molar-refractivity contribution in [3.8, 4) is 0 Å². The first kappa shape index (κ1) is 10.9. The topological polar surface area (TPSA) is 23.5 Å². The van der Waals surface area contributed by atoms with Gasteiger partial charge in [-0.2, -0.15) is 0 Å². The van der Waals surface area contributed by atoms with Crippen LogP contribution in [0.2, 0.25) is 0 Å². The van der Waals surface area contributed by atoms with Gasteiger partial charge >= 0.3 is 0 Å². The zero-order chi connectivity index (χ0) is 9.90. The Morgan fingerprint density at radius 1 is 1.54 bits per heavy atom. The van der Waals surface area contributed by atoms with Crippen LogP contribution >= 0.6 is 0 Å². The fourth-order valence-corrected chi connectivity index (χ4v) is 2.47. The second-order valence-electron chi connectivity index (χ2n) is 3.73. The minimum Gasteiger partial charge on any atom is -0.394 e. The number of hydrogen-bond acceptors (Lipinski definition) is 2.